The van der Waals surface area contributed by atoms with E-state index in [-0.39, 0.29) is 34.6 Å². The standard InChI is InChI=1S/C19H19N5OS/c1-3-13-4-6-14(7-5-13)12(2)23-17(25)11-26-19-16(10-21)8-15(9-20)18(22)24-19/h4-8,12H,3,11H2,1-2H3,(H2,22,24)(H,23,25)/p+1/t12-/m1/s1. The number of thioether (sulfide) groups is 1. The number of nitrogen functional groups attached to an aromatic ring is 1. The number of nitriles is 2. The molecule has 1 aromatic heterocycles. The van der Waals surface area contributed by atoms with Crippen molar-refractivity contribution in [2.24, 2.45) is 0 Å². The Morgan fingerprint density at radius 1 is 1.27 bits per heavy atom. The second kappa shape index (κ2) is 8.89. The summed E-state index contributed by atoms with van der Waals surface area (Å²) in [5.74, 6) is 0.162. The molecule has 2 rings (SSSR count). The largest absolute Gasteiger partial charge is 0.349 e. The fourth-order valence-electron chi connectivity index (χ4n) is 2.38. The molecule has 0 fully saturated rings. The van der Waals surface area contributed by atoms with E-state index >= 15 is 0 Å². The molecule has 6 nitrogen and oxygen atoms in total. The van der Waals surface area contributed by atoms with Crippen LogP contribution in [0.4, 0.5) is 5.82 Å². The molecule has 1 heterocycles. The first-order valence-corrected chi connectivity index (χ1v) is 9.14. The van der Waals surface area contributed by atoms with Crippen LogP contribution < -0.4 is 16.0 Å². The SMILES string of the molecule is CCc1ccc([C@@H](C)NC(=O)CSc2[nH+]c(N)c(C#N)cc2C#N)cc1. The van der Waals surface area contributed by atoms with Crippen LogP contribution in [0.1, 0.15) is 42.1 Å². The molecule has 1 atom stereocenters. The lowest BCUT2D eigenvalue weighted by molar-refractivity contribution is -0.410. The minimum atomic E-state index is -0.151. The van der Waals surface area contributed by atoms with E-state index < -0.39 is 0 Å². The second-order valence-corrected chi connectivity index (χ2v) is 6.72. The molecule has 0 unspecified atom stereocenters. The summed E-state index contributed by atoms with van der Waals surface area (Å²) in [6, 6.07) is 13.4. The van der Waals surface area contributed by atoms with Crippen molar-refractivity contribution in [2.45, 2.75) is 31.3 Å². The molecular weight excluding hydrogens is 346 g/mol. The molecule has 0 spiro atoms. The monoisotopic (exact) mass is 366 g/mol. The average Bonchev–Trinajstić information content (AvgIpc) is 2.66. The van der Waals surface area contributed by atoms with Crippen LogP contribution in [0.2, 0.25) is 0 Å². The zero-order valence-electron chi connectivity index (χ0n) is 14.7. The van der Waals surface area contributed by atoms with Crippen LogP contribution in [0.5, 0.6) is 0 Å². The fourth-order valence-corrected chi connectivity index (χ4v) is 3.18. The van der Waals surface area contributed by atoms with Gasteiger partial charge in [0.2, 0.25) is 5.91 Å². The molecule has 0 radical (unpaired) electrons. The molecule has 1 aromatic carbocycles. The van der Waals surface area contributed by atoms with E-state index in [0.717, 1.165) is 12.0 Å². The molecule has 0 bridgehead atoms. The molecule has 7 heteroatoms. The van der Waals surface area contributed by atoms with Gasteiger partial charge in [-0.15, -0.1) is 0 Å². The predicted molar refractivity (Wildman–Crippen MR) is 99.9 cm³/mol. The predicted octanol–water partition coefficient (Wildman–Crippen LogP) is 2.36. The third-order valence-corrected chi connectivity index (χ3v) is 4.94. The number of nitrogens with two attached hydrogens (primary N) is 1. The van der Waals surface area contributed by atoms with Gasteiger partial charge in [-0.2, -0.15) is 10.5 Å². The van der Waals surface area contributed by atoms with Crippen LogP contribution >= 0.6 is 11.8 Å². The van der Waals surface area contributed by atoms with Gasteiger partial charge in [-0.3, -0.25) is 10.5 Å². The number of nitrogens with zero attached hydrogens (tertiary/aromatic N) is 2. The van der Waals surface area contributed by atoms with Gasteiger partial charge in [0.05, 0.1) is 11.8 Å². The van der Waals surface area contributed by atoms with E-state index in [2.05, 4.69) is 29.4 Å². The molecular formula is C19H20N5OS+. The minimum Gasteiger partial charge on any atom is -0.349 e. The van der Waals surface area contributed by atoms with Crippen molar-refractivity contribution in [1.29, 1.82) is 10.5 Å². The number of carbonyl (C=O) groups is 1. The quantitative estimate of drug-likeness (QED) is 0.761. The maximum atomic E-state index is 12.2. The highest BCUT2D eigenvalue weighted by molar-refractivity contribution is 7.99. The van der Waals surface area contributed by atoms with Crippen molar-refractivity contribution in [1.82, 2.24) is 5.32 Å². The number of aryl methyl sites for hydroxylation is 1. The molecule has 0 aliphatic rings. The lowest BCUT2D eigenvalue weighted by Crippen LogP contribution is -2.28. The Kier molecular flexibility index (Phi) is 6.60. The summed E-state index contributed by atoms with van der Waals surface area (Å²) >= 11 is 1.18. The van der Waals surface area contributed by atoms with Crippen LogP contribution in [-0.2, 0) is 11.2 Å². The maximum absolute atomic E-state index is 12.2. The first-order chi connectivity index (χ1) is 12.5. The minimum absolute atomic E-state index is 0.112. The number of aromatic amines is 1. The Hall–Kier alpha value is -3.03. The number of hydrogen-bond acceptors (Lipinski definition) is 5. The fraction of sp³-hybridized carbons (Fsp3) is 0.263. The normalized spacial score (nSPS) is 11.2. The third kappa shape index (κ3) is 4.75. The van der Waals surface area contributed by atoms with Crippen molar-refractivity contribution in [3.8, 4) is 12.1 Å². The first-order valence-electron chi connectivity index (χ1n) is 8.15. The number of nitrogens with one attached hydrogen (secondary N) is 2. The van der Waals surface area contributed by atoms with Crippen molar-refractivity contribution < 1.29 is 9.78 Å². The summed E-state index contributed by atoms with van der Waals surface area (Å²) in [5.41, 5.74) is 8.52. The Labute approximate surface area is 157 Å². The topological polar surface area (TPSA) is 117 Å². The number of aromatic nitrogens is 1. The number of anilines is 1. The van der Waals surface area contributed by atoms with Crippen LogP contribution in [0.15, 0.2) is 35.4 Å². The number of rotatable bonds is 6. The van der Waals surface area contributed by atoms with Gasteiger partial charge >= 0.3 is 0 Å². The van der Waals surface area contributed by atoms with E-state index in [0.29, 0.717) is 5.03 Å². The van der Waals surface area contributed by atoms with Crippen LogP contribution in [-0.4, -0.2) is 11.7 Å². The second-order valence-electron chi connectivity index (χ2n) is 5.74. The summed E-state index contributed by atoms with van der Waals surface area (Å²) in [6.07, 6.45) is 0.975. The van der Waals surface area contributed by atoms with E-state index in [1.165, 1.54) is 23.4 Å². The number of hydrogen-bond donors (Lipinski definition) is 2. The molecule has 2 aromatic rings. The van der Waals surface area contributed by atoms with E-state index in [1.807, 2.05) is 31.2 Å². The van der Waals surface area contributed by atoms with Gasteiger partial charge in [-0.05, 0) is 30.5 Å². The van der Waals surface area contributed by atoms with Crippen LogP contribution in [0.3, 0.4) is 0 Å². The molecule has 132 valence electrons. The van der Waals surface area contributed by atoms with E-state index in [4.69, 9.17) is 11.0 Å². The summed E-state index contributed by atoms with van der Waals surface area (Å²) in [4.78, 5) is 15.0. The Morgan fingerprint density at radius 3 is 2.50 bits per heavy atom. The van der Waals surface area contributed by atoms with Gasteiger partial charge in [-0.1, -0.05) is 43.0 Å². The molecule has 4 N–H and O–H groups in total. The molecule has 1 amide bonds. The van der Waals surface area contributed by atoms with E-state index in [9.17, 15) is 10.1 Å². The molecule has 0 saturated carbocycles. The number of pyridine rings is 1. The zero-order valence-corrected chi connectivity index (χ0v) is 15.5. The first kappa shape index (κ1) is 19.3. The van der Waals surface area contributed by atoms with Gasteiger partial charge in [0.15, 0.2) is 5.03 Å². The molecule has 0 saturated heterocycles. The lowest BCUT2D eigenvalue weighted by Gasteiger charge is -2.14. The number of carbonyl (C=O) groups excluding carboxylic acids is 1. The molecule has 26 heavy (non-hydrogen) atoms. The number of benzene rings is 1. The van der Waals surface area contributed by atoms with Gasteiger partial charge in [0, 0.05) is 0 Å². The summed E-state index contributed by atoms with van der Waals surface area (Å²) in [5, 5.41) is 21.6. The summed E-state index contributed by atoms with van der Waals surface area (Å²) in [6.45, 7) is 4.02. The van der Waals surface area contributed by atoms with E-state index in [1.54, 1.807) is 0 Å². The van der Waals surface area contributed by atoms with Crippen LogP contribution in [0.25, 0.3) is 0 Å². The molecule has 0 aliphatic heterocycles. The maximum Gasteiger partial charge on any atom is 0.289 e. The average molecular weight is 366 g/mol. The highest BCUT2D eigenvalue weighted by atomic mass is 32.2. The van der Waals surface area contributed by atoms with Gasteiger partial charge < -0.3 is 5.32 Å². The van der Waals surface area contributed by atoms with Gasteiger partial charge in [-0.25, -0.2) is 4.98 Å². The zero-order chi connectivity index (χ0) is 19.1. The van der Waals surface area contributed by atoms with Crippen molar-refractivity contribution >= 4 is 23.5 Å². The highest BCUT2D eigenvalue weighted by Crippen LogP contribution is 2.21. The Morgan fingerprint density at radius 2 is 1.92 bits per heavy atom. The highest BCUT2D eigenvalue weighted by Gasteiger charge is 2.17. The van der Waals surface area contributed by atoms with Crippen molar-refractivity contribution in [3.05, 3.63) is 52.6 Å². The Balaban J connectivity index is 1.99. The smallest absolute Gasteiger partial charge is 0.289 e. The van der Waals surface area contributed by atoms with Gasteiger partial charge in [0.1, 0.15) is 23.3 Å². The summed E-state index contributed by atoms with van der Waals surface area (Å²) in [7, 11) is 0. The van der Waals surface area contributed by atoms with Crippen molar-refractivity contribution in [3.63, 3.8) is 0 Å². The molecule has 0 aliphatic carbocycles. The number of amides is 1. The third-order valence-electron chi connectivity index (χ3n) is 3.93. The van der Waals surface area contributed by atoms with Crippen molar-refractivity contribution in [2.75, 3.05) is 11.5 Å². The summed E-state index contributed by atoms with van der Waals surface area (Å²) < 4.78 is 0. The lowest BCUT2D eigenvalue weighted by atomic mass is 10.1. The van der Waals surface area contributed by atoms with Crippen LogP contribution in [0, 0.1) is 22.7 Å². The Bertz CT molecular complexity index is 881. The van der Waals surface area contributed by atoms with Gasteiger partial charge in [0.25, 0.3) is 5.82 Å². The number of H-pyrrole nitrogens is 1.